The molecular formula is C12H16N2O2S2. The molecule has 1 aromatic heterocycles. The molecule has 1 aliphatic rings. The number of carbonyl (C=O) groups is 2. The van der Waals surface area contributed by atoms with Crippen molar-refractivity contribution in [3.8, 4) is 0 Å². The molecule has 0 radical (unpaired) electrons. The molecule has 4 nitrogen and oxygen atoms in total. The van der Waals surface area contributed by atoms with Crippen molar-refractivity contribution >= 4 is 39.9 Å². The summed E-state index contributed by atoms with van der Waals surface area (Å²) >= 11 is 3.03. The zero-order valence-electron chi connectivity index (χ0n) is 9.98. The molecule has 0 saturated heterocycles. The Morgan fingerprint density at radius 2 is 2.17 bits per heavy atom. The number of anilines is 1. The van der Waals surface area contributed by atoms with Gasteiger partial charge in [0.05, 0.1) is 11.3 Å². The average Bonchev–Trinajstić information content (AvgIpc) is 2.96. The van der Waals surface area contributed by atoms with Gasteiger partial charge >= 0.3 is 0 Å². The van der Waals surface area contributed by atoms with Crippen LogP contribution in [0.25, 0.3) is 0 Å². The number of thioether (sulfide) groups is 1. The second kappa shape index (κ2) is 6.24. The summed E-state index contributed by atoms with van der Waals surface area (Å²) in [5.41, 5.74) is 5.61. The van der Waals surface area contributed by atoms with E-state index in [0.717, 1.165) is 0 Å². The van der Waals surface area contributed by atoms with Crippen molar-refractivity contribution < 1.29 is 9.59 Å². The molecule has 1 aliphatic carbocycles. The highest BCUT2D eigenvalue weighted by Crippen LogP contribution is 2.29. The van der Waals surface area contributed by atoms with E-state index in [0.29, 0.717) is 21.6 Å². The normalized spacial score (nSPS) is 15.8. The number of primary amides is 1. The Morgan fingerprint density at radius 3 is 2.83 bits per heavy atom. The van der Waals surface area contributed by atoms with E-state index in [9.17, 15) is 9.59 Å². The molecule has 0 aliphatic heterocycles. The molecule has 3 N–H and O–H groups in total. The van der Waals surface area contributed by atoms with Gasteiger partial charge in [-0.3, -0.25) is 9.59 Å². The van der Waals surface area contributed by atoms with Crippen LogP contribution in [-0.4, -0.2) is 22.8 Å². The first kappa shape index (κ1) is 13.4. The lowest BCUT2D eigenvalue weighted by molar-refractivity contribution is -0.113. The van der Waals surface area contributed by atoms with E-state index in [2.05, 4.69) is 5.32 Å². The molecule has 18 heavy (non-hydrogen) atoms. The number of carbonyl (C=O) groups excluding carboxylic acids is 2. The molecule has 1 fully saturated rings. The summed E-state index contributed by atoms with van der Waals surface area (Å²) in [5.74, 6) is -0.118. The van der Waals surface area contributed by atoms with E-state index in [1.54, 1.807) is 23.2 Å². The van der Waals surface area contributed by atoms with Crippen LogP contribution in [0.1, 0.15) is 36.0 Å². The summed E-state index contributed by atoms with van der Waals surface area (Å²) in [5, 5.41) is 5.68. The van der Waals surface area contributed by atoms with Crippen molar-refractivity contribution in [1.29, 1.82) is 0 Å². The van der Waals surface area contributed by atoms with Crippen LogP contribution in [0.3, 0.4) is 0 Å². The van der Waals surface area contributed by atoms with Gasteiger partial charge < -0.3 is 11.1 Å². The molecule has 98 valence electrons. The molecule has 0 bridgehead atoms. The fourth-order valence-electron chi connectivity index (χ4n) is 2.01. The van der Waals surface area contributed by atoms with Crippen LogP contribution in [0.5, 0.6) is 0 Å². The Labute approximate surface area is 114 Å². The fourth-order valence-corrected chi connectivity index (χ4v) is 3.95. The molecule has 6 heteroatoms. The Bertz CT molecular complexity index is 439. The molecule has 0 atom stereocenters. The van der Waals surface area contributed by atoms with Crippen LogP contribution in [0.15, 0.2) is 11.4 Å². The third-order valence-electron chi connectivity index (χ3n) is 2.94. The first-order valence-electron chi connectivity index (χ1n) is 5.95. The quantitative estimate of drug-likeness (QED) is 0.872. The van der Waals surface area contributed by atoms with Gasteiger partial charge in [-0.15, -0.1) is 23.1 Å². The lowest BCUT2D eigenvalue weighted by atomic mass is 10.3. The van der Waals surface area contributed by atoms with E-state index < -0.39 is 5.91 Å². The van der Waals surface area contributed by atoms with Gasteiger partial charge in [-0.05, 0) is 24.3 Å². The van der Waals surface area contributed by atoms with Crippen LogP contribution in [0.2, 0.25) is 0 Å². The lowest BCUT2D eigenvalue weighted by Gasteiger charge is -2.08. The number of nitrogens with one attached hydrogen (secondary N) is 1. The van der Waals surface area contributed by atoms with Crippen molar-refractivity contribution in [3.63, 3.8) is 0 Å². The van der Waals surface area contributed by atoms with Gasteiger partial charge in [-0.2, -0.15) is 0 Å². The van der Waals surface area contributed by atoms with Gasteiger partial charge in [0.1, 0.15) is 5.00 Å². The predicted molar refractivity (Wildman–Crippen MR) is 76.2 cm³/mol. The standard InChI is InChI=1S/C12H16N2O2S2/c13-11(16)9-5-6-17-12(9)14-10(15)7-18-8-3-1-2-4-8/h5-6,8H,1-4,7H2,(H2,13,16)(H,14,15). The highest BCUT2D eigenvalue weighted by atomic mass is 32.2. The van der Waals surface area contributed by atoms with Crippen molar-refractivity contribution in [1.82, 2.24) is 0 Å². The van der Waals surface area contributed by atoms with E-state index in [1.165, 1.54) is 37.0 Å². The minimum absolute atomic E-state index is 0.0585. The SMILES string of the molecule is NC(=O)c1ccsc1NC(=O)CSC1CCCC1. The highest BCUT2D eigenvalue weighted by molar-refractivity contribution is 8.00. The van der Waals surface area contributed by atoms with Gasteiger partial charge in [0.2, 0.25) is 5.91 Å². The molecule has 0 spiro atoms. The summed E-state index contributed by atoms with van der Waals surface area (Å²) in [6.45, 7) is 0. The van der Waals surface area contributed by atoms with Crippen LogP contribution in [0, 0.1) is 0 Å². The number of nitrogens with two attached hydrogens (primary N) is 1. The van der Waals surface area contributed by atoms with Gasteiger partial charge in [0, 0.05) is 5.25 Å². The van der Waals surface area contributed by atoms with Crippen molar-refractivity contribution in [2.45, 2.75) is 30.9 Å². The van der Waals surface area contributed by atoms with Gasteiger partial charge in [0.15, 0.2) is 0 Å². The Hall–Kier alpha value is -1.01. The minimum Gasteiger partial charge on any atom is -0.366 e. The smallest absolute Gasteiger partial charge is 0.251 e. The summed E-state index contributed by atoms with van der Waals surface area (Å²) in [6.07, 6.45) is 4.97. The molecule has 2 rings (SSSR count). The number of rotatable bonds is 5. The van der Waals surface area contributed by atoms with Gasteiger partial charge in [0.25, 0.3) is 5.91 Å². The summed E-state index contributed by atoms with van der Waals surface area (Å²) < 4.78 is 0. The van der Waals surface area contributed by atoms with Crippen LogP contribution in [0.4, 0.5) is 5.00 Å². The third kappa shape index (κ3) is 3.49. The molecule has 1 saturated carbocycles. The van der Waals surface area contributed by atoms with E-state index >= 15 is 0 Å². The maximum Gasteiger partial charge on any atom is 0.251 e. The van der Waals surface area contributed by atoms with Crippen LogP contribution < -0.4 is 11.1 Å². The molecule has 1 aromatic rings. The maximum absolute atomic E-state index is 11.8. The van der Waals surface area contributed by atoms with Gasteiger partial charge in [-0.1, -0.05) is 12.8 Å². The fraction of sp³-hybridized carbons (Fsp3) is 0.500. The largest absolute Gasteiger partial charge is 0.366 e. The Balaban J connectivity index is 1.82. The Morgan fingerprint density at radius 1 is 1.44 bits per heavy atom. The molecule has 0 unspecified atom stereocenters. The Kier molecular flexibility index (Phi) is 4.66. The van der Waals surface area contributed by atoms with E-state index in [-0.39, 0.29) is 5.91 Å². The first-order valence-corrected chi connectivity index (χ1v) is 7.88. The number of thiophene rings is 1. The van der Waals surface area contributed by atoms with Crippen LogP contribution >= 0.6 is 23.1 Å². The minimum atomic E-state index is -0.505. The average molecular weight is 284 g/mol. The second-order valence-corrected chi connectivity index (χ2v) is 6.50. The summed E-state index contributed by atoms with van der Waals surface area (Å²) in [6, 6.07) is 1.63. The number of amides is 2. The number of hydrogen-bond donors (Lipinski definition) is 2. The monoisotopic (exact) mass is 284 g/mol. The highest BCUT2D eigenvalue weighted by Gasteiger charge is 2.18. The number of hydrogen-bond acceptors (Lipinski definition) is 4. The lowest BCUT2D eigenvalue weighted by Crippen LogP contribution is -2.18. The maximum atomic E-state index is 11.8. The van der Waals surface area contributed by atoms with Crippen molar-refractivity contribution in [2.24, 2.45) is 5.73 Å². The predicted octanol–water partition coefficient (Wildman–Crippen LogP) is 2.46. The summed E-state index contributed by atoms with van der Waals surface area (Å²) in [4.78, 5) is 22.9. The van der Waals surface area contributed by atoms with Gasteiger partial charge in [-0.25, -0.2) is 0 Å². The third-order valence-corrected chi connectivity index (χ3v) is 5.14. The summed E-state index contributed by atoms with van der Waals surface area (Å²) in [7, 11) is 0. The molecular weight excluding hydrogens is 268 g/mol. The van der Waals surface area contributed by atoms with Crippen LogP contribution in [-0.2, 0) is 4.79 Å². The first-order chi connectivity index (χ1) is 8.66. The molecule has 0 aromatic carbocycles. The second-order valence-electron chi connectivity index (χ2n) is 4.29. The van der Waals surface area contributed by atoms with E-state index in [4.69, 9.17) is 5.73 Å². The topological polar surface area (TPSA) is 72.2 Å². The zero-order valence-corrected chi connectivity index (χ0v) is 11.6. The zero-order chi connectivity index (χ0) is 13.0. The van der Waals surface area contributed by atoms with Crippen molar-refractivity contribution in [3.05, 3.63) is 17.0 Å². The molecule has 1 heterocycles. The van der Waals surface area contributed by atoms with Crippen molar-refractivity contribution in [2.75, 3.05) is 11.1 Å². The molecule has 2 amide bonds. The van der Waals surface area contributed by atoms with E-state index in [1.807, 2.05) is 0 Å².